The van der Waals surface area contributed by atoms with Crippen LogP contribution >= 0.6 is 11.6 Å². The van der Waals surface area contributed by atoms with Crippen LogP contribution in [0.3, 0.4) is 0 Å². The van der Waals surface area contributed by atoms with E-state index in [0.717, 1.165) is 25.7 Å². The molecule has 0 aromatic heterocycles. The fraction of sp³-hybridized carbons (Fsp3) is 0.429. The molecule has 1 amide bonds. The zero-order valence-corrected chi connectivity index (χ0v) is 11.8. The van der Waals surface area contributed by atoms with Gasteiger partial charge in [-0.05, 0) is 31.0 Å². The summed E-state index contributed by atoms with van der Waals surface area (Å²) in [6.07, 6.45) is 4.04. The first-order valence-electron chi connectivity index (χ1n) is 6.57. The van der Waals surface area contributed by atoms with Gasteiger partial charge in [0.05, 0.1) is 17.8 Å². The highest BCUT2D eigenvalue weighted by molar-refractivity contribution is 6.31. The fourth-order valence-electron chi connectivity index (χ4n) is 2.72. The molecule has 3 N–H and O–H groups in total. The molecule has 1 aliphatic rings. The van der Waals surface area contributed by atoms with Gasteiger partial charge in [0.15, 0.2) is 0 Å². The van der Waals surface area contributed by atoms with Gasteiger partial charge in [0, 0.05) is 11.1 Å². The zero-order valence-electron chi connectivity index (χ0n) is 11.0. The number of amides is 1. The molecule has 2 rings (SSSR count). The monoisotopic (exact) mass is 296 g/mol. The van der Waals surface area contributed by atoms with Gasteiger partial charge in [-0.25, -0.2) is 4.79 Å². The van der Waals surface area contributed by atoms with E-state index in [1.807, 2.05) is 0 Å². The number of anilines is 1. The van der Waals surface area contributed by atoms with E-state index >= 15 is 0 Å². The number of carboxylic acids is 1. The van der Waals surface area contributed by atoms with E-state index in [1.54, 1.807) is 17.0 Å². The molecular formula is C14H17ClN2O3. The van der Waals surface area contributed by atoms with Crippen molar-refractivity contribution in [1.29, 1.82) is 0 Å². The van der Waals surface area contributed by atoms with Gasteiger partial charge in [0.2, 0.25) is 5.91 Å². The van der Waals surface area contributed by atoms with E-state index in [-0.39, 0.29) is 18.2 Å². The first kappa shape index (κ1) is 14.7. The molecule has 0 atom stereocenters. The van der Waals surface area contributed by atoms with Crippen LogP contribution in [-0.2, 0) is 4.79 Å². The summed E-state index contributed by atoms with van der Waals surface area (Å²) in [6.45, 7) is 0.0204. The molecule has 6 heteroatoms. The second kappa shape index (κ2) is 6.13. The lowest BCUT2D eigenvalue weighted by Crippen LogP contribution is -2.41. The van der Waals surface area contributed by atoms with Crippen LogP contribution in [0, 0.1) is 0 Å². The summed E-state index contributed by atoms with van der Waals surface area (Å²) in [5, 5.41) is 9.67. The number of halogens is 1. The molecule has 0 saturated heterocycles. The smallest absolute Gasteiger partial charge is 0.337 e. The number of aromatic carboxylic acids is 1. The number of nitrogens with two attached hydrogens (primary N) is 1. The Morgan fingerprint density at radius 3 is 2.55 bits per heavy atom. The number of carboxylic acid groups (broad SMARTS) is 1. The van der Waals surface area contributed by atoms with E-state index in [0.29, 0.717) is 10.7 Å². The molecule has 0 heterocycles. The third-order valence-corrected chi connectivity index (χ3v) is 3.83. The second-order valence-electron chi connectivity index (χ2n) is 5.00. The van der Waals surface area contributed by atoms with Crippen LogP contribution in [0.15, 0.2) is 18.2 Å². The summed E-state index contributed by atoms with van der Waals surface area (Å²) in [7, 11) is 0. The Labute approximate surface area is 122 Å². The lowest BCUT2D eigenvalue weighted by Gasteiger charge is -2.31. The number of carbonyl (C=O) groups excluding carboxylic acids is 1. The van der Waals surface area contributed by atoms with Gasteiger partial charge in [-0.3, -0.25) is 4.79 Å². The Kier molecular flexibility index (Phi) is 4.49. The number of primary amides is 1. The van der Waals surface area contributed by atoms with Crippen LogP contribution in [0.25, 0.3) is 0 Å². The van der Waals surface area contributed by atoms with Crippen molar-refractivity contribution in [1.82, 2.24) is 0 Å². The Morgan fingerprint density at radius 2 is 2.00 bits per heavy atom. The molecule has 1 aromatic carbocycles. The summed E-state index contributed by atoms with van der Waals surface area (Å²) in [6, 6.07) is 4.84. The molecule has 0 bridgehead atoms. The third-order valence-electron chi connectivity index (χ3n) is 3.59. The predicted octanol–water partition coefficient (Wildman–Crippen LogP) is 2.27. The molecule has 0 radical (unpaired) electrons. The molecule has 0 spiro atoms. The quantitative estimate of drug-likeness (QED) is 0.873. The molecule has 0 aliphatic heterocycles. The van der Waals surface area contributed by atoms with Gasteiger partial charge < -0.3 is 15.7 Å². The molecule has 20 heavy (non-hydrogen) atoms. The molecular weight excluding hydrogens is 280 g/mol. The van der Waals surface area contributed by atoms with Crippen LogP contribution in [0.1, 0.15) is 36.0 Å². The number of hydrogen-bond acceptors (Lipinski definition) is 3. The molecule has 1 saturated carbocycles. The van der Waals surface area contributed by atoms with Crippen LogP contribution in [0.4, 0.5) is 5.69 Å². The van der Waals surface area contributed by atoms with Crippen molar-refractivity contribution >= 4 is 29.2 Å². The summed E-state index contributed by atoms with van der Waals surface area (Å²) in [5.41, 5.74) is 5.91. The average Bonchev–Trinajstić information content (AvgIpc) is 2.89. The molecule has 108 valence electrons. The van der Waals surface area contributed by atoms with Gasteiger partial charge in [-0.15, -0.1) is 0 Å². The second-order valence-corrected chi connectivity index (χ2v) is 5.44. The minimum atomic E-state index is -1.06. The number of carbonyl (C=O) groups is 2. The number of nitrogens with zero attached hydrogens (tertiary/aromatic N) is 1. The van der Waals surface area contributed by atoms with Crippen LogP contribution in [0.5, 0.6) is 0 Å². The van der Waals surface area contributed by atoms with Gasteiger partial charge in [0.1, 0.15) is 0 Å². The van der Waals surface area contributed by atoms with Gasteiger partial charge >= 0.3 is 5.97 Å². The van der Waals surface area contributed by atoms with Crippen molar-refractivity contribution in [3.8, 4) is 0 Å². The summed E-state index contributed by atoms with van der Waals surface area (Å²) < 4.78 is 0. The van der Waals surface area contributed by atoms with E-state index in [2.05, 4.69) is 0 Å². The number of benzene rings is 1. The minimum absolute atomic E-state index is 0.0204. The van der Waals surface area contributed by atoms with E-state index in [9.17, 15) is 14.7 Å². The lowest BCUT2D eigenvalue weighted by atomic mass is 10.1. The normalized spacial score (nSPS) is 15.2. The maximum atomic E-state index is 11.4. The lowest BCUT2D eigenvalue weighted by molar-refractivity contribution is -0.116. The van der Waals surface area contributed by atoms with Crippen LogP contribution in [0.2, 0.25) is 5.02 Å². The predicted molar refractivity (Wildman–Crippen MR) is 77.2 cm³/mol. The minimum Gasteiger partial charge on any atom is -0.478 e. The van der Waals surface area contributed by atoms with Gasteiger partial charge in [-0.2, -0.15) is 0 Å². The Balaban J connectivity index is 2.41. The molecule has 1 fully saturated rings. The average molecular weight is 297 g/mol. The van der Waals surface area contributed by atoms with Crippen molar-refractivity contribution in [3.63, 3.8) is 0 Å². The summed E-state index contributed by atoms with van der Waals surface area (Å²) >= 11 is 5.86. The van der Waals surface area contributed by atoms with E-state index in [1.165, 1.54) is 6.07 Å². The topological polar surface area (TPSA) is 83.6 Å². The highest BCUT2D eigenvalue weighted by atomic mass is 35.5. The van der Waals surface area contributed by atoms with Gasteiger partial charge in [-0.1, -0.05) is 24.4 Å². The van der Waals surface area contributed by atoms with Crippen LogP contribution in [-0.4, -0.2) is 29.6 Å². The summed E-state index contributed by atoms with van der Waals surface area (Å²) in [4.78, 5) is 24.5. The number of rotatable bonds is 5. The van der Waals surface area contributed by atoms with Crippen molar-refractivity contribution in [2.24, 2.45) is 5.73 Å². The van der Waals surface area contributed by atoms with Crippen molar-refractivity contribution < 1.29 is 14.7 Å². The maximum absolute atomic E-state index is 11.4. The van der Waals surface area contributed by atoms with E-state index < -0.39 is 11.9 Å². The highest BCUT2D eigenvalue weighted by Gasteiger charge is 2.27. The fourth-order valence-corrected chi connectivity index (χ4v) is 2.90. The number of hydrogen-bond donors (Lipinski definition) is 2. The molecule has 5 nitrogen and oxygen atoms in total. The first-order chi connectivity index (χ1) is 9.49. The van der Waals surface area contributed by atoms with Crippen molar-refractivity contribution in [2.75, 3.05) is 11.4 Å². The first-order valence-corrected chi connectivity index (χ1v) is 6.94. The molecule has 1 aliphatic carbocycles. The Morgan fingerprint density at radius 1 is 1.35 bits per heavy atom. The Bertz CT molecular complexity index is 527. The third kappa shape index (κ3) is 3.22. The SMILES string of the molecule is NC(=O)CN(c1ccc(Cl)cc1C(=O)O)C1CCCC1. The zero-order chi connectivity index (χ0) is 14.7. The largest absolute Gasteiger partial charge is 0.478 e. The van der Waals surface area contributed by atoms with Crippen molar-refractivity contribution in [2.45, 2.75) is 31.7 Å². The maximum Gasteiger partial charge on any atom is 0.337 e. The summed E-state index contributed by atoms with van der Waals surface area (Å²) in [5.74, 6) is -1.53. The Hall–Kier alpha value is -1.75. The highest BCUT2D eigenvalue weighted by Crippen LogP contribution is 2.31. The molecule has 1 aromatic rings. The van der Waals surface area contributed by atoms with Crippen LogP contribution < -0.4 is 10.6 Å². The van der Waals surface area contributed by atoms with E-state index in [4.69, 9.17) is 17.3 Å². The van der Waals surface area contributed by atoms with Gasteiger partial charge in [0.25, 0.3) is 0 Å². The molecule has 0 unspecified atom stereocenters. The standard InChI is InChI=1S/C14H17ClN2O3/c15-9-5-6-12(11(7-9)14(19)20)17(8-13(16)18)10-3-1-2-4-10/h5-7,10H,1-4,8H2,(H2,16,18)(H,19,20). The van der Waals surface area contributed by atoms with Crippen molar-refractivity contribution in [3.05, 3.63) is 28.8 Å².